The summed E-state index contributed by atoms with van der Waals surface area (Å²) in [6.45, 7) is 6.19. The number of benzene rings is 2. The van der Waals surface area contributed by atoms with E-state index in [-0.39, 0.29) is 11.8 Å². The average Bonchev–Trinajstić information content (AvgIpc) is 3.18. The van der Waals surface area contributed by atoms with Gasteiger partial charge in [0.25, 0.3) is 5.91 Å². The Balaban J connectivity index is 1.31. The SMILES string of the molecule is Cc1cc(Nc2cccc(C(=O)N3CCOC[C@H](Cc4cccc5[nH]ncc45)C3)c2)nc(C)n1. The lowest BCUT2D eigenvalue weighted by molar-refractivity contribution is 0.0737. The van der Waals surface area contributed by atoms with Gasteiger partial charge in [-0.2, -0.15) is 5.10 Å². The van der Waals surface area contributed by atoms with Crippen LogP contribution in [0.25, 0.3) is 10.9 Å². The van der Waals surface area contributed by atoms with Crippen molar-refractivity contribution in [3.63, 3.8) is 0 Å². The molecule has 2 aromatic heterocycles. The summed E-state index contributed by atoms with van der Waals surface area (Å²) in [5.74, 6) is 1.64. The molecule has 2 aromatic carbocycles. The number of rotatable bonds is 5. The molecule has 1 amide bonds. The molecule has 174 valence electrons. The molecule has 1 saturated heterocycles. The van der Waals surface area contributed by atoms with Gasteiger partial charge >= 0.3 is 0 Å². The van der Waals surface area contributed by atoms with Crippen LogP contribution >= 0.6 is 0 Å². The number of fused-ring (bicyclic) bond motifs is 1. The summed E-state index contributed by atoms with van der Waals surface area (Å²) >= 11 is 0. The highest BCUT2D eigenvalue weighted by Crippen LogP contribution is 2.23. The number of amides is 1. The average molecular weight is 457 g/mol. The molecule has 8 nitrogen and oxygen atoms in total. The number of ether oxygens (including phenoxy) is 1. The third-order valence-corrected chi connectivity index (χ3v) is 6.06. The first-order valence-electron chi connectivity index (χ1n) is 11.5. The monoisotopic (exact) mass is 456 g/mol. The van der Waals surface area contributed by atoms with Gasteiger partial charge in [0.15, 0.2) is 0 Å². The molecule has 0 bridgehead atoms. The maximum Gasteiger partial charge on any atom is 0.254 e. The van der Waals surface area contributed by atoms with Gasteiger partial charge in [0.05, 0.1) is 24.9 Å². The molecular weight excluding hydrogens is 428 g/mol. The minimum Gasteiger partial charge on any atom is -0.379 e. The Morgan fingerprint density at radius 1 is 1.18 bits per heavy atom. The summed E-state index contributed by atoms with van der Waals surface area (Å²) in [6, 6.07) is 15.6. The Hall–Kier alpha value is -3.78. The van der Waals surface area contributed by atoms with E-state index in [9.17, 15) is 4.79 Å². The topological polar surface area (TPSA) is 96.0 Å². The minimum absolute atomic E-state index is 0.00992. The van der Waals surface area contributed by atoms with Crippen molar-refractivity contribution >= 4 is 28.3 Å². The molecule has 1 aliphatic rings. The first-order valence-corrected chi connectivity index (χ1v) is 11.5. The molecule has 5 rings (SSSR count). The highest BCUT2D eigenvalue weighted by atomic mass is 16.5. The minimum atomic E-state index is 0.00992. The van der Waals surface area contributed by atoms with Crippen LogP contribution in [0.15, 0.2) is 54.7 Å². The van der Waals surface area contributed by atoms with Crippen molar-refractivity contribution < 1.29 is 9.53 Å². The molecule has 0 unspecified atom stereocenters. The van der Waals surface area contributed by atoms with Gasteiger partial charge in [-0.1, -0.05) is 18.2 Å². The van der Waals surface area contributed by atoms with E-state index in [2.05, 4.69) is 31.5 Å². The zero-order valence-electron chi connectivity index (χ0n) is 19.4. The molecule has 2 N–H and O–H groups in total. The van der Waals surface area contributed by atoms with Crippen LogP contribution in [0.4, 0.5) is 11.5 Å². The molecule has 8 heteroatoms. The van der Waals surface area contributed by atoms with Crippen LogP contribution in [0.1, 0.15) is 27.4 Å². The predicted molar refractivity (Wildman–Crippen MR) is 131 cm³/mol. The third-order valence-electron chi connectivity index (χ3n) is 6.06. The smallest absolute Gasteiger partial charge is 0.254 e. The van der Waals surface area contributed by atoms with Gasteiger partial charge in [0.2, 0.25) is 0 Å². The second-order valence-corrected chi connectivity index (χ2v) is 8.79. The fourth-order valence-corrected chi connectivity index (χ4v) is 4.55. The van der Waals surface area contributed by atoms with Crippen molar-refractivity contribution in [2.24, 2.45) is 5.92 Å². The number of anilines is 2. The van der Waals surface area contributed by atoms with Crippen molar-refractivity contribution in [2.45, 2.75) is 20.3 Å². The van der Waals surface area contributed by atoms with Crippen molar-refractivity contribution in [1.82, 2.24) is 25.1 Å². The van der Waals surface area contributed by atoms with Crippen molar-refractivity contribution in [2.75, 3.05) is 31.6 Å². The maximum absolute atomic E-state index is 13.4. The maximum atomic E-state index is 13.4. The molecule has 0 spiro atoms. The van der Waals surface area contributed by atoms with E-state index in [1.54, 1.807) is 0 Å². The van der Waals surface area contributed by atoms with E-state index in [1.165, 1.54) is 5.56 Å². The van der Waals surface area contributed by atoms with Crippen LogP contribution in [0.2, 0.25) is 0 Å². The molecule has 34 heavy (non-hydrogen) atoms. The quantitative estimate of drug-likeness (QED) is 0.470. The Morgan fingerprint density at radius 3 is 2.94 bits per heavy atom. The zero-order chi connectivity index (χ0) is 23.5. The normalized spacial score (nSPS) is 16.4. The fourth-order valence-electron chi connectivity index (χ4n) is 4.55. The van der Waals surface area contributed by atoms with Gasteiger partial charge in [0, 0.05) is 47.4 Å². The van der Waals surface area contributed by atoms with Crippen LogP contribution in [-0.4, -0.2) is 57.3 Å². The summed E-state index contributed by atoms with van der Waals surface area (Å²) in [7, 11) is 0. The lowest BCUT2D eigenvalue weighted by Gasteiger charge is -2.24. The molecule has 1 aliphatic heterocycles. The first-order chi connectivity index (χ1) is 16.5. The lowest BCUT2D eigenvalue weighted by atomic mass is 9.97. The van der Waals surface area contributed by atoms with E-state index in [4.69, 9.17) is 4.74 Å². The van der Waals surface area contributed by atoms with Crippen LogP contribution in [0.5, 0.6) is 0 Å². The summed E-state index contributed by atoms with van der Waals surface area (Å²) in [4.78, 5) is 24.1. The number of aryl methyl sites for hydroxylation is 2. The lowest BCUT2D eigenvalue weighted by Crippen LogP contribution is -2.36. The van der Waals surface area contributed by atoms with E-state index >= 15 is 0 Å². The molecule has 0 aliphatic carbocycles. The fraction of sp³-hybridized carbons (Fsp3) is 0.308. The number of hydrogen-bond donors (Lipinski definition) is 2. The number of nitrogens with one attached hydrogen (secondary N) is 2. The van der Waals surface area contributed by atoms with Gasteiger partial charge < -0.3 is 15.0 Å². The summed E-state index contributed by atoms with van der Waals surface area (Å²) in [5, 5.41) is 11.6. The highest BCUT2D eigenvalue weighted by molar-refractivity contribution is 5.95. The number of aromatic nitrogens is 4. The van der Waals surface area contributed by atoms with Gasteiger partial charge in [-0.3, -0.25) is 9.89 Å². The largest absolute Gasteiger partial charge is 0.379 e. The molecule has 0 saturated carbocycles. The predicted octanol–water partition coefficient (Wildman–Crippen LogP) is 4.04. The number of aromatic amines is 1. The van der Waals surface area contributed by atoms with Crippen LogP contribution in [0, 0.1) is 19.8 Å². The van der Waals surface area contributed by atoms with Gasteiger partial charge in [0.1, 0.15) is 11.6 Å². The highest BCUT2D eigenvalue weighted by Gasteiger charge is 2.24. The third kappa shape index (κ3) is 4.92. The van der Waals surface area contributed by atoms with Crippen LogP contribution < -0.4 is 5.32 Å². The Kier molecular flexibility index (Phi) is 6.22. The Bertz CT molecular complexity index is 1300. The van der Waals surface area contributed by atoms with E-state index < -0.39 is 0 Å². The molecular formula is C26H28N6O2. The van der Waals surface area contributed by atoms with E-state index in [0.29, 0.717) is 43.5 Å². The Morgan fingerprint density at radius 2 is 2.06 bits per heavy atom. The number of nitrogens with zero attached hydrogens (tertiary/aromatic N) is 4. The summed E-state index contributed by atoms with van der Waals surface area (Å²) in [5.41, 5.74) is 4.60. The van der Waals surface area contributed by atoms with E-state index in [0.717, 1.165) is 28.7 Å². The van der Waals surface area contributed by atoms with Crippen molar-refractivity contribution in [3.05, 3.63) is 77.4 Å². The molecule has 3 heterocycles. The molecule has 1 atom stereocenters. The van der Waals surface area contributed by atoms with Gasteiger partial charge in [-0.25, -0.2) is 9.97 Å². The van der Waals surface area contributed by atoms with Crippen LogP contribution in [-0.2, 0) is 11.2 Å². The molecule has 4 aromatic rings. The second-order valence-electron chi connectivity index (χ2n) is 8.79. The zero-order valence-corrected chi connectivity index (χ0v) is 19.4. The molecule has 0 radical (unpaired) electrons. The standard InChI is InChI=1S/C26H28N6O2/c1-17-11-25(29-18(2)28-17)30-22-7-3-6-21(13-22)26(33)32-9-10-34-16-19(15-32)12-20-5-4-8-24-23(20)14-27-31-24/h3-8,11,13-14,19H,9-10,12,15-16H2,1-2H3,(H,27,31)(H,28,29,30)/t19-/m1/s1. The number of H-pyrrole nitrogens is 1. The Labute approximate surface area is 198 Å². The number of carbonyl (C=O) groups excluding carboxylic acids is 1. The van der Waals surface area contributed by atoms with Gasteiger partial charge in [-0.15, -0.1) is 0 Å². The number of carbonyl (C=O) groups is 1. The van der Waals surface area contributed by atoms with Gasteiger partial charge in [-0.05, 0) is 50.1 Å². The summed E-state index contributed by atoms with van der Waals surface area (Å²) < 4.78 is 5.87. The summed E-state index contributed by atoms with van der Waals surface area (Å²) in [6.07, 6.45) is 2.69. The second kappa shape index (κ2) is 9.61. The molecule has 1 fully saturated rings. The van der Waals surface area contributed by atoms with Crippen molar-refractivity contribution in [3.8, 4) is 0 Å². The van der Waals surface area contributed by atoms with Crippen LogP contribution in [0.3, 0.4) is 0 Å². The van der Waals surface area contributed by atoms with Crippen molar-refractivity contribution in [1.29, 1.82) is 0 Å². The van der Waals surface area contributed by atoms with E-state index in [1.807, 2.05) is 67.4 Å². The first kappa shape index (κ1) is 22.0. The number of hydrogen-bond acceptors (Lipinski definition) is 6.